The minimum Gasteiger partial charge on any atom is -0.489 e. The zero-order valence-corrected chi connectivity index (χ0v) is 13.0. The van der Waals surface area contributed by atoms with Crippen LogP contribution in [-0.4, -0.2) is 11.1 Å². The second-order valence-electron chi connectivity index (χ2n) is 4.31. The second-order valence-corrected chi connectivity index (χ2v) is 5.57. The average molecular weight is 356 g/mol. The zero-order valence-electron chi connectivity index (χ0n) is 10.7. The van der Waals surface area contributed by atoms with Crippen molar-refractivity contribution in [3.63, 3.8) is 0 Å². The molecule has 0 saturated heterocycles. The predicted molar refractivity (Wildman–Crippen MR) is 81.6 cm³/mol. The van der Waals surface area contributed by atoms with E-state index < -0.39 is 5.97 Å². The number of carbonyl (C=O) groups is 1. The molecule has 0 aliphatic heterocycles. The van der Waals surface area contributed by atoms with Crippen LogP contribution in [0.5, 0.6) is 5.75 Å². The fourth-order valence-corrected chi connectivity index (χ4v) is 2.28. The van der Waals surface area contributed by atoms with Gasteiger partial charge in [-0.25, -0.2) is 4.79 Å². The van der Waals surface area contributed by atoms with E-state index in [-0.39, 0.29) is 5.56 Å². The van der Waals surface area contributed by atoms with E-state index in [4.69, 9.17) is 21.4 Å². The maximum Gasteiger partial charge on any atom is 0.335 e. The Morgan fingerprint density at radius 3 is 2.65 bits per heavy atom. The van der Waals surface area contributed by atoms with Gasteiger partial charge in [0.1, 0.15) is 12.4 Å². The molecule has 2 aromatic rings. The smallest absolute Gasteiger partial charge is 0.335 e. The van der Waals surface area contributed by atoms with Crippen molar-refractivity contribution in [2.45, 2.75) is 13.5 Å². The highest BCUT2D eigenvalue weighted by Crippen LogP contribution is 2.24. The second kappa shape index (κ2) is 6.29. The Balaban J connectivity index is 2.10. The van der Waals surface area contributed by atoms with Crippen molar-refractivity contribution in [2.24, 2.45) is 0 Å². The summed E-state index contributed by atoms with van der Waals surface area (Å²) >= 11 is 9.30. The van der Waals surface area contributed by atoms with Gasteiger partial charge in [-0.15, -0.1) is 0 Å². The first-order valence-corrected chi connectivity index (χ1v) is 7.05. The molecular weight excluding hydrogens is 344 g/mol. The molecule has 0 bridgehead atoms. The number of rotatable bonds is 4. The SMILES string of the molecule is Cc1cc(OCc2ccc(C(=O)O)cc2Br)ccc1Cl. The van der Waals surface area contributed by atoms with E-state index in [1.165, 1.54) is 0 Å². The van der Waals surface area contributed by atoms with Crippen LogP contribution in [0.15, 0.2) is 40.9 Å². The Labute approximate surface area is 130 Å². The molecule has 0 spiro atoms. The number of halogens is 2. The maximum absolute atomic E-state index is 10.8. The Morgan fingerprint density at radius 1 is 1.30 bits per heavy atom. The minimum atomic E-state index is -0.952. The van der Waals surface area contributed by atoms with Crippen molar-refractivity contribution in [3.8, 4) is 5.75 Å². The normalized spacial score (nSPS) is 10.3. The van der Waals surface area contributed by atoms with E-state index in [9.17, 15) is 4.79 Å². The lowest BCUT2D eigenvalue weighted by atomic mass is 10.1. The number of ether oxygens (including phenoxy) is 1. The lowest BCUT2D eigenvalue weighted by Gasteiger charge is -2.09. The summed E-state index contributed by atoms with van der Waals surface area (Å²) in [6.07, 6.45) is 0. The lowest BCUT2D eigenvalue weighted by molar-refractivity contribution is 0.0696. The van der Waals surface area contributed by atoms with Gasteiger partial charge in [0.05, 0.1) is 5.56 Å². The summed E-state index contributed by atoms with van der Waals surface area (Å²) in [6, 6.07) is 10.3. The van der Waals surface area contributed by atoms with Gasteiger partial charge < -0.3 is 9.84 Å². The summed E-state index contributed by atoms with van der Waals surface area (Å²) in [5.74, 6) is -0.229. The van der Waals surface area contributed by atoms with E-state index in [0.29, 0.717) is 16.1 Å². The molecule has 0 amide bonds. The van der Waals surface area contributed by atoms with Crippen LogP contribution in [0.3, 0.4) is 0 Å². The van der Waals surface area contributed by atoms with Gasteiger partial charge in [-0.05, 0) is 42.8 Å². The summed E-state index contributed by atoms with van der Waals surface area (Å²) in [7, 11) is 0. The molecule has 20 heavy (non-hydrogen) atoms. The van der Waals surface area contributed by atoms with Crippen molar-refractivity contribution >= 4 is 33.5 Å². The molecule has 0 saturated carbocycles. The van der Waals surface area contributed by atoms with Gasteiger partial charge in [0.25, 0.3) is 0 Å². The van der Waals surface area contributed by atoms with Gasteiger partial charge >= 0.3 is 5.97 Å². The van der Waals surface area contributed by atoms with Crippen LogP contribution >= 0.6 is 27.5 Å². The van der Waals surface area contributed by atoms with Crippen molar-refractivity contribution < 1.29 is 14.6 Å². The number of aryl methyl sites for hydroxylation is 1. The topological polar surface area (TPSA) is 46.5 Å². The fraction of sp³-hybridized carbons (Fsp3) is 0.133. The monoisotopic (exact) mass is 354 g/mol. The van der Waals surface area contributed by atoms with Gasteiger partial charge in [0.15, 0.2) is 0 Å². The molecule has 0 radical (unpaired) electrons. The van der Waals surface area contributed by atoms with Crippen molar-refractivity contribution in [1.29, 1.82) is 0 Å². The van der Waals surface area contributed by atoms with Gasteiger partial charge in [-0.3, -0.25) is 0 Å². The standard InChI is InChI=1S/C15H12BrClO3/c1-9-6-12(4-5-14(9)17)20-8-11-3-2-10(15(18)19)7-13(11)16/h2-7H,8H2,1H3,(H,18,19). The lowest BCUT2D eigenvalue weighted by Crippen LogP contribution is -2.00. The Hall–Kier alpha value is -1.52. The highest BCUT2D eigenvalue weighted by molar-refractivity contribution is 9.10. The molecule has 5 heteroatoms. The third kappa shape index (κ3) is 3.52. The number of carboxylic acid groups (broad SMARTS) is 1. The van der Waals surface area contributed by atoms with Gasteiger partial charge in [-0.1, -0.05) is 33.6 Å². The van der Waals surface area contributed by atoms with Crippen LogP contribution < -0.4 is 4.74 Å². The third-order valence-corrected chi connectivity index (χ3v) is 3.99. The molecule has 0 atom stereocenters. The van der Waals surface area contributed by atoms with E-state index in [2.05, 4.69) is 15.9 Å². The van der Waals surface area contributed by atoms with Crippen LogP contribution in [0.25, 0.3) is 0 Å². The summed E-state index contributed by atoms with van der Waals surface area (Å²) in [5.41, 5.74) is 2.06. The van der Waals surface area contributed by atoms with E-state index in [1.807, 2.05) is 13.0 Å². The van der Waals surface area contributed by atoms with Gasteiger partial charge in [0, 0.05) is 15.1 Å². The van der Waals surface area contributed by atoms with E-state index in [0.717, 1.165) is 16.9 Å². The molecule has 0 heterocycles. The van der Waals surface area contributed by atoms with Crippen LogP contribution in [0.2, 0.25) is 5.02 Å². The Kier molecular flexibility index (Phi) is 4.68. The van der Waals surface area contributed by atoms with Crippen LogP contribution in [0, 0.1) is 6.92 Å². The quantitative estimate of drug-likeness (QED) is 0.865. The van der Waals surface area contributed by atoms with Crippen LogP contribution in [-0.2, 0) is 6.61 Å². The van der Waals surface area contributed by atoms with Gasteiger partial charge in [0.2, 0.25) is 0 Å². The number of hydrogen-bond donors (Lipinski definition) is 1. The molecule has 2 aromatic carbocycles. The highest BCUT2D eigenvalue weighted by Gasteiger charge is 2.07. The fourth-order valence-electron chi connectivity index (χ4n) is 1.67. The highest BCUT2D eigenvalue weighted by atomic mass is 79.9. The molecule has 0 aliphatic carbocycles. The van der Waals surface area contributed by atoms with Crippen molar-refractivity contribution in [1.82, 2.24) is 0 Å². The first kappa shape index (κ1) is 14.9. The maximum atomic E-state index is 10.8. The van der Waals surface area contributed by atoms with Crippen molar-refractivity contribution in [3.05, 3.63) is 62.6 Å². The zero-order chi connectivity index (χ0) is 14.7. The summed E-state index contributed by atoms with van der Waals surface area (Å²) in [6.45, 7) is 2.26. The van der Waals surface area contributed by atoms with Gasteiger partial charge in [-0.2, -0.15) is 0 Å². The molecular formula is C15H12BrClO3. The summed E-state index contributed by atoms with van der Waals surface area (Å²) in [5, 5.41) is 9.60. The minimum absolute atomic E-state index is 0.239. The Morgan fingerprint density at radius 2 is 2.05 bits per heavy atom. The molecule has 104 valence electrons. The van der Waals surface area contributed by atoms with Crippen LogP contribution in [0.4, 0.5) is 0 Å². The first-order chi connectivity index (χ1) is 9.47. The number of benzene rings is 2. The van der Waals surface area contributed by atoms with Crippen molar-refractivity contribution in [2.75, 3.05) is 0 Å². The average Bonchev–Trinajstić information content (AvgIpc) is 2.41. The number of hydrogen-bond acceptors (Lipinski definition) is 2. The molecule has 0 aliphatic rings. The summed E-state index contributed by atoms with van der Waals surface area (Å²) in [4.78, 5) is 10.8. The molecule has 0 aromatic heterocycles. The predicted octanol–water partition coefficient (Wildman–Crippen LogP) is 4.69. The molecule has 2 rings (SSSR count). The molecule has 3 nitrogen and oxygen atoms in total. The molecule has 0 fully saturated rings. The largest absolute Gasteiger partial charge is 0.489 e. The molecule has 1 N–H and O–H groups in total. The Bertz CT molecular complexity index is 656. The third-order valence-electron chi connectivity index (χ3n) is 2.82. The first-order valence-electron chi connectivity index (χ1n) is 5.88. The number of carboxylic acids is 1. The number of aromatic carboxylic acids is 1. The van der Waals surface area contributed by atoms with E-state index >= 15 is 0 Å². The van der Waals surface area contributed by atoms with E-state index in [1.54, 1.807) is 30.3 Å². The molecule has 0 unspecified atom stereocenters. The summed E-state index contributed by atoms with van der Waals surface area (Å²) < 4.78 is 6.38. The van der Waals surface area contributed by atoms with Crippen LogP contribution in [0.1, 0.15) is 21.5 Å².